The van der Waals surface area contributed by atoms with Crippen LogP contribution in [0.3, 0.4) is 0 Å². The summed E-state index contributed by atoms with van der Waals surface area (Å²) < 4.78 is 6.59. The smallest absolute Gasteiger partial charge is 0.119 e. The van der Waals surface area contributed by atoms with Gasteiger partial charge in [0, 0.05) is 29.7 Å². The van der Waals surface area contributed by atoms with Crippen molar-refractivity contribution in [3.8, 4) is 5.75 Å². The van der Waals surface area contributed by atoms with Crippen LogP contribution in [0.25, 0.3) is 12.2 Å². The molecule has 23 heavy (non-hydrogen) atoms. The van der Waals surface area contributed by atoms with Crippen LogP contribution < -0.4 is 10.1 Å². The summed E-state index contributed by atoms with van der Waals surface area (Å²) in [4.78, 5) is 0. The van der Waals surface area contributed by atoms with Gasteiger partial charge in [0.15, 0.2) is 0 Å². The van der Waals surface area contributed by atoms with Crippen molar-refractivity contribution in [1.29, 1.82) is 0 Å². The van der Waals surface area contributed by atoms with E-state index in [4.69, 9.17) is 9.84 Å². The monoisotopic (exact) mass is 427 g/mol. The molecule has 1 atom stereocenters. The summed E-state index contributed by atoms with van der Waals surface area (Å²) >= 11 is 2.27. The molecule has 1 unspecified atom stereocenters. The van der Waals surface area contributed by atoms with Gasteiger partial charge in [0.05, 0.1) is 6.61 Å². The van der Waals surface area contributed by atoms with Crippen LogP contribution in [-0.4, -0.2) is 29.8 Å². The van der Waals surface area contributed by atoms with Gasteiger partial charge in [0.2, 0.25) is 0 Å². The number of anilines is 1. The fourth-order valence-corrected chi connectivity index (χ4v) is 2.52. The lowest BCUT2D eigenvalue weighted by atomic mass is 10.1. The van der Waals surface area contributed by atoms with Gasteiger partial charge in [0.1, 0.15) is 5.75 Å². The highest BCUT2D eigenvalue weighted by molar-refractivity contribution is 14.1. The molecule has 2 aromatic rings. The number of halogens is 1. The summed E-state index contributed by atoms with van der Waals surface area (Å²) in [5.41, 5.74) is 3.40. The topological polar surface area (TPSA) is 41.5 Å². The van der Waals surface area contributed by atoms with Gasteiger partial charge in [-0.15, -0.1) is 0 Å². The van der Waals surface area contributed by atoms with Gasteiger partial charge in [-0.1, -0.05) is 59.0 Å². The van der Waals surface area contributed by atoms with Gasteiger partial charge in [-0.2, -0.15) is 0 Å². The number of ether oxygens (including phenoxy) is 1. The normalized spacial score (nSPS) is 12.3. The van der Waals surface area contributed by atoms with E-state index in [0.717, 1.165) is 27.0 Å². The Morgan fingerprint density at radius 3 is 2.09 bits per heavy atom. The standard InChI is InChI=1S/C19H22INO2/c1-21-18-8-4-15(5-9-18)2-3-16-6-10-19(11-7-16)23-14-17(12-20)13-22/h2-11,17,21-22H,12-14H2,1H3/b3-2+/i20+4. The molecule has 0 aromatic heterocycles. The van der Waals surface area contributed by atoms with E-state index in [9.17, 15) is 0 Å². The zero-order chi connectivity index (χ0) is 16.5. The molecular formula is C19H22INO2. The van der Waals surface area contributed by atoms with Crippen LogP contribution in [0.5, 0.6) is 5.75 Å². The van der Waals surface area contributed by atoms with Crippen molar-refractivity contribution in [2.24, 2.45) is 5.92 Å². The number of aliphatic hydroxyl groups is 1. The SMILES string of the molecule is CNc1ccc(/C=C/c2ccc(OCC(CO)C[131I])cc2)cc1. The van der Waals surface area contributed by atoms with Crippen molar-refractivity contribution >= 4 is 40.4 Å². The molecule has 0 aliphatic rings. The van der Waals surface area contributed by atoms with E-state index in [1.54, 1.807) is 0 Å². The number of hydrogen-bond acceptors (Lipinski definition) is 3. The molecule has 0 aliphatic carbocycles. The first-order valence-electron chi connectivity index (χ1n) is 7.60. The van der Waals surface area contributed by atoms with Crippen molar-refractivity contribution in [2.75, 3.05) is 30.0 Å². The second kappa shape index (κ2) is 9.57. The van der Waals surface area contributed by atoms with Crippen LogP contribution in [-0.2, 0) is 0 Å². The Morgan fingerprint density at radius 1 is 1.04 bits per heavy atom. The average Bonchev–Trinajstić information content (AvgIpc) is 2.62. The first kappa shape index (κ1) is 17.8. The highest BCUT2D eigenvalue weighted by atomic mass is 131. The van der Waals surface area contributed by atoms with E-state index in [2.05, 4.69) is 64.3 Å². The summed E-state index contributed by atoms with van der Waals surface area (Å²) in [6.45, 7) is 0.711. The van der Waals surface area contributed by atoms with Crippen LogP contribution in [0.15, 0.2) is 48.5 Å². The molecule has 0 saturated carbocycles. The lowest BCUT2D eigenvalue weighted by molar-refractivity contribution is 0.179. The quantitative estimate of drug-likeness (QED) is 0.375. The number of alkyl halides is 1. The molecule has 2 aromatic carbocycles. The maximum atomic E-state index is 9.16. The first-order valence-corrected chi connectivity index (χ1v) is 9.13. The third kappa shape index (κ3) is 5.88. The Balaban J connectivity index is 1.92. The van der Waals surface area contributed by atoms with E-state index in [1.807, 2.05) is 31.3 Å². The van der Waals surface area contributed by atoms with Crippen LogP contribution >= 0.6 is 22.6 Å². The lowest BCUT2D eigenvalue weighted by Gasteiger charge is -2.12. The van der Waals surface area contributed by atoms with Gasteiger partial charge >= 0.3 is 0 Å². The number of benzene rings is 2. The average molecular weight is 427 g/mol. The van der Waals surface area contributed by atoms with Crippen LogP contribution in [0.1, 0.15) is 11.1 Å². The third-order valence-electron chi connectivity index (χ3n) is 3.51. The second-order valence-electron chi connectivity index (χ2n) is 5.29. The van der Waals surface area contributed by atoms with Gasteiger partial charge in [-0.3, -0.25) is 0 Å². The Labute approximate surface area is 151 Å². The number of hydrogen-bond donors (Lipinski definition) is 2. The fraction of sp³-hybridized carbons (Fsp3) is 0.263. The molecule has 122 valence electrons. The summed E-state index contributed by atoms with van der Waals surface area (Å²) in [5.74, 6) is 1.03. The van der Waals surface area contributed by atoms with Crippen molar-refractivity contribution < 1.29 is 9.84 Å². The molecule has 3 nitrogen and oxygen atoms in total. The van der Waals surface area contributed by atoms with E-state index in [1.165, 1.54) is 0 Å². The van der Waals surface area contributed by atoms with Gasteiger partial charge in [-0.25, -0.2) is 0 Å². The molecule has 0 radical (unpaired) electrons. The van der Waals surface area contributed by atoms with Crippen molar-refractivity contribution in [3.05, 3.63) is 59.7 Å². The van der Waals surface area contributed by atoms with E-state index < -0.39 is 0 Å². The second-order valence-corrected chi connectivity index (χ2v) is 6.17. The molecule has 0 amide bonds. The Hall–Kier alpha value is -1.53. The zero-order valence-corrected chi connectivity index (χ0v) is 15.4. The minimum atomic E-state index is 0.163. The largest absolute Gasteiger partial charge is 0.493 e. The third-order valence-corrected chi connectivity index (χ3v) is 4.76. The molecule has 2 N–H and O–H groups in total. The van der Waals surface area contributed by atoms with Gasteiger partial charge in [0.25, 0.3) is 0 Å². The summed E-state index contributed by atoms with van der Waals surface area (Å²) in [6.07, 6.45) is 4.17. The Kier molecular flexibility index (Phi) is 7.42. The number of aliphatic hydroxyl groups excluding tert-OH is 1. The molecular weight excluding hydrogens is 405 g/mol. The molecule has 0 bridgehead atoms. The molecule has 0 saturated heterocycles. The maximum Gasteiger partial charge on any atom is 0.119 e. The zero-order valence-electron chi connectivity index (χ0n) is 13.2. The molecule has 2 rings (SSSR count). The predicted molar refractivity (Wildman–Crippen MR) is 106 cm³/mol. The van der Waals surface area contributed by atoms with Crippen molar-refractivity contribution in [3.63, 3.8) is 0 Å². The fourth-order valence-electron chi connectivity index (χ4n) is 1.99. The Morgan fingerprint density at radius 2 is 1.61 bits per heavy atom. The molecule has 0 heterocycles. The van der Waals surface area contributed by atoms with Gasteiger partial charge in [-0.05, 0) is 35.4 Å². The predicted octanol–water partition coefficient (Wildman–Crippen LogP) is 4.32. The lowest BCUT2D eigenvalue weighted by Crippen LogP contribution is -2.17. The first-order chi connectivity index (χ1) is 11.2. The number of nitrogens with one attached hydrogen (secondary N) is 1. The molecule has 4 heteroatoms. The summed E-state index contributed by atoms with van der Waals surface area (Å²) in [6, 6.07) is 16.3. The molecule has 0 aliphatic heterocycles. The minimum absolute atomic E-state index is 0.163. The summed E-state index contributed by atoms with van der Waals surface area (Å²) in [5, 5.41) is 12.3. The Bertz CT molecular complexity index is 604. The molecule has 0 spiro atoms. The van der Waals surface area contributed by atoms with Crippen LogP contribution in [0.2, 0.25) is 0 Å². The highest BCUT2D eigenvalue weighted by Crippen LogP contribution is 2.16. The minimum Gasteiger partial charge on any atom is -0.493 e. The van der Waals surface area contributed by atoms with Crippen LogP contribution in [0.4, 0.5) is 5.69 Å². The van der Waals surface area contributed by atoms with E-state index in [0.29, 0.717) is 6.61 Å². The maximum absolute atomic E-state index is 9.16. The van der Waals surface area contributed by atoms with E-state index in [-0.39, 0.29) is 12.5 Å². The van der Waals surface area contributed by atoms with E-state index >= 15 is 0 Å². The van der Waals surface area contributed by atoms with Crippen molar-refractivity contribution in [1.82, 2.24) is 0 Å². The molecule has 0 fully saturated rings. The summed E-state index contributed by atoms with van der Waals surface area (Å²) in [7, 11) is 1.91. The highest BCUT2D eigenvalue weighted by Gasteiger charge is 2.06. The van der Waals surface area contributed by atoms with Gasteiger partial charge < -0.3 is 15.2 Å². The number of rotatable bonds is 8. The van der Waals surface area contributed by atoms with Crippen LogP contribution in [0, 0.1) is 5.92 Å². The van der Waals surface area contributed by atoms with Crippen molar-refractivity contribution in [2.45, 2.75) is 0 Å².